The van der Waals surface area contributed by atoms with Crippen LogP contribution in [0.5, 0.6) is 0 Å². The summed E-state index contributed by atoms with van der Waals surface area (Å²) in [5, 5.41) is 0. The van der Waals surface area contributed by atoms with Gasteiger partial charge < -0.3 is 9.29 Å². The molecule has 0 aliphatic rings. The van der Waals surface area contributed by atoms with Gasteiger partial charge in [-0.2, -0.15) is 0 Å². The number of carbonyl (C=O) groups excluding carboxylic acids is 1. The maximum absolute atomic E-state index is 10.8. The highest BCUT2D eigenvalue weighted by molar-refractivity contribution is 7.91. The molecule has 0 aromatic heterocycles. The molecule has 0 rings (SSSR count). The second kappa shape index (κ2) is 6.24. The SMILES string of the molecule is C=CC(=O)OCC[S+]([O-])CC. The van der Waals surface area contributed by atoms with Crippen molar-refractivity contribution in [2.75, 3.05) is 18.1 Å². The molecule has 0 bridgehead atoms. The Kier molecular flexibility index (Phi) is 5.97. The second-order valence-electron chi connectivity index (χ2n) is 1.80. The fourth-order valence-electron chi connectivity index (χ4n) is 0.438. The van der Waals surface area contributed by atoms with Crippen molar-refractivity contribution in [3.05, 3.63) is 12.7 Å². The first-order chi connectivity index (χ1) is 5.20. The molecule has 3 nitrogen and oxygen atoms in total. The smallest absolute Gasteiger partial charge is 0.330 e. The molecule has 1 atom stereocenters. The van der Waals surface area contributed by atoms with Crippen LogP contribution in [0.3, 0.4) is 0 Å². The highest BCUT2D eigenvalue weighted by Crippen LogP contribution is 1.90. The van der Waals surface area contributed by atoms with E-state index in [1.807, 2.05) is 6.92 Å². The Morgan fingerprint density at radius 1 is 1.82 bits per heavy atom. The number of rotatable bonds is 5. The van der Waals surface area contributed by atoms with Crippen molar-refractivity contribution in [2.24, 2.45) is 0 Å². The quantitative estimate of drug-likeness (QED) is 0.348. The van der Waals surface area contributed by atoms with Crippen LogP contribution in [0.1, 0.15) is 6.92 Å². The van der Waals surface area contributed by atoms with Crippen molar-refractivity contribution < 1.29 is 14.1 Å². The Labute approximate surface area is 69.6 Å². The van der Waals surface area contributed by atoms with Gasteiger partial charge in [0.1, 0.15) is 18.1 Å². The van der Waals surface area contributed by atoms with E-state index in [1.165, 1.54) is 0 Å². The summed E-state index contributed by atoms with van der Waals surface area (Å²) >= 11 is -0.857. The molecule has 0 aliphatic heterocycles. The van der Waals surface area contributed by atoms with Crippen LogP contribution < -0.4 is 0 Å². The molecule has 0 radical (unpaired) electrons. The lowest BCUT2D eigenvalue weighted by Crippen LogP contribution is -2.15. The highest BCUT2D eigenvalue weighted by Gasteiger charge is 2.02. The summed E-state index contributed by atoms with van der Waals surface area (Å²) in [6, 6.07) is 0. The minimum Gasteiger partial charge on any atom is -0.616 e. The third-order valence-corrected chi connectivity index (χ3v) is 2.31. The molecule has 1 unspecified atom stereocenters. The Hall–Kier alpha value is -0.480. The van der Waals surface area contributed by atoms with Gasteiger partial charge in [-0.05, 0) is 6.92 Å². The molecular weight excluding hydrogens is 164 g/mol. The maximum atomic E-state index is 10.8. The van der Waals surface area contributed by atoms with Crippen LogP contribution >= 0.6 is 0 Å². The standard InChI is InChI=1S/C7H12O3S/c1-3-7(8)10-5-6-11(9)4-2/h3H,1,4-6H2,2H3. The van der Waals surface area contributed by atoms with E-state index in [1.54, 1.807) is 0 Å². The number of hydrogen-bond donors (Lipinski definition) is 0. The zero-order valence-corrected chi connectivity index (χ0v) is 7.36. The van der Waals surface area contributed by atoms with Gasteiger partial charge >= 0.3 is 5.97 Å². The van der Waals surface area contributed by atoms with Crippen LogP contribution in [0.25, 0.3) is 0 Å². The molecule has 0 aromatic rings. The van der Waals surface area contributed by atoms with Crippen molar-refractivity contribution in [1.29, 1.82) is 0 Å². The van der Waals surface area contributed by atoms with Gasteiger partial charge in [0.25, 0.3) is 0 Å². The topological polar surface area (TPSA) is 49.4 Å². The highest BCUT2D eigenvalue weighted by atomic mass is 32.2. The first-order valence-corrected chi connectivity index (χ1v) is 4.83. The van der Waals surface area contributed by atoms with Crippen molar-refractivity contribution in [3.8, 4) is 0 Å². The van der Waals surface area contributed by atoms with Crippen LogP contribution in [-0.4, -0.2) is 28.6 Å². The second-order valence-corrected chi connectivity index (χ2v) is 3.67. The largest absolute Gasteiger partial charge is 0.616 e. The van der Waals surface area contributed by atoms with Gasteiger partial charge in [0, 0.05) is 6.08 Å². The molecular formula is C7H12O3S. The van der Waals surface area contributed by atoms with E-state index in [4.69, 9.17) is 0 Å². The molecule has 0 saturated heterocycles. The third-order valence-electron chi connectivity index (χ3n) is 1.04. The number of carbonyl (C=O) groups is 1. The van der Waals surface area contributed by atoms with E-state index >= 15 is 0 Å². The molecule has 11 heavy (non-hydrogen) atoms. The van der Waals surface area contributed by atoms with Gasteiger partial charge in [0.05, 0.1) is 0 Å². The summed E-state index contributed by atoms with van der Waals surface area (Å²) in [4.78, 5) is 10.4. The summed E-state index contributed by atoms with van der Waals surface area (Å²) in [5.74, 6) is 0.556. The van der Waals surface area contributed by atoms with Crippen LogP contribution in [0.4, 0.5) is 0 Å². The summed E-state index contributed by atoms with van der Waals surface area (Å²) in [6.07, 6.45) is 1.09. The lowest BCUT2D eigenvalue weighted by Gasteiger charge is -2.07. The van der Waals surface area contributed by atoms with Crippen LogP contribution in [0, 0.1) is 0 Å². The normalized spacial score (nSPS) is 12.2. The Balaban J connectivity index is 3.26. The summed E-state index contributed by atoms with van der Waals surface area (Å²) in [5.41, 5.74) is 0. The van der Waals surface area contributed by atoms with Gasteiger partial charge in [-0.3, -0.25) is 0 Å². The van der Waals surface area contributed by atoms with Crippen molar-refractivity contribution >= 4 is 17.1 Å². The van der Waals surface area contributed by atoms with E-state index in [2.05, 4.69) is 11.3 Å². The van der Waals surface area contributed by atoms with Crippen molar-refractivity contribution in [2.45, 2.75) is 6.92 Å². The molecule has 0 spiro atoms. The van der Waals surface area contributed by atoms with E-state index in [-0.39, 0.29) is 6.61 Å². The zero-order valence-electron chi connectivity index (χ0n) is 6.54. The molecule has 64 valence electrons. The predicted molar refractivity (Wildman–Crippen MR) is 44.7 cm³/mol. The number of hydrogen-bond acceptors (Lipinski definition) is 3. The van der Waals surface area contributed by atoms with E-state index in [9.17, 15) is 9.35 Å². The third kappa shape index (κ3) is 5.94. The molecule has 0 amide bonds. The minimum absolute atomic E-state index is 0.214. The first-order valence-electron chi connectivity index (χ1n) is 3.34. The summed E-state index contributed by atoms with van der Waals surface area (Å²) in [7, 11) is 0. The molecule has 0 aromatic carbocycles. The fourth-order valence-corrected chi connectivity index (χ4v) is 0.996. The Morgan fingerprint density at radius 3 is 2.91 bits per heavy atom. The molecule has 0 aliphatic carbocycles. The van der Waals surface area contributed by atoms with Crippen molar-refractivity contribution in [3.63, 3.8) is 0 Å². The number of ether oxygens (including phenoxy) is 1. The molecule has 4 heteroatoms. The Morgan fingerprint density at radius 2 is 2.45 bits per heavy atom. The van der Waals surface area contributed by atoms with Gasteiger partial charge in [0.2, 0.25) is 0 Å². The van der Waals surface area contributed by atoms with Gasteiger partial charge in [-0.25, -0.2) is 4.79 Å². The van der Waals surface area contributed by atoms with Crippen LogP contribution in [-0.2, 0) is 20.7 Å². The summed E-state index contributed by atoms with van der Waals surface area (Å²) < 4.78 is 15.4. The molecule has 0 N–H and O–H groups in total. The summed E-state index contributed by atoms with van der Waals surface area (Å²) in [6.45, 7) is 5.27. The van der Waals surface area contributed by atoms with E-state index in [0.717, 1.165) is 6.08 Å². The maximum Gasteiger partial charge on any atom is 0.330 e. The monoisotopic (exact) mass is 176 g/mol. The minimum atomic E-state index is -0.857. The van der Waals surface area contributed by atoms with Gasteiger partial charge in [-0.1, -0.05) is 17.8 Å². The predicted octanol–water partition coefficient (Wildman–Crippen LogP) is 0.484. The Bertz CT molecular complexity index is 136. The van der Waals surface area contributed by atoms with Gasteiger partial charge in [0.15, 0.2) is 0 Å². The molecule has 0 heterocycles. The average molecular weight is 176 g/mol. The first kappa shape index (κ1) is 10.5. The molecule has 0 saturated carbocycles. The van der Waals surface area contributed by atoms with Crippen LogP contribution in [0.2, 0.25) is 0 Å². The lowest BCUT2D eigenvalue weighted by molar-refractivity contribution is -0.137. The zero-order chi connectivity index (χ0) is 8.69. The average Bonchev–Trinajstić information content (AvgIpc) is 2.04. The van der Waals surface area contributed by atoms with E-state index < -0.39 is 17.1 Å². The lowest BCUT2D eigenvalue weighted by atomic mass is 10.6. The van der Waals surface area contributed by atoms with Crippen LogP contribution in [0.15, 0.2) is 12.7 Å². The fraction of sp³-hybridized carbons (Fsp3) is 0.571. The number of esters is 1. The molecule has 0 fully saturated rings. The van der Waals surface area contributed by atoms with Gasteiger partial charge in [-0.15, -0.1) is 0 Å². The van der Waals surface area contributed by atoms with E-state index in [0.29, 0.717) is 11.5 Å². The van der Waals surface area contributed by atoms with Crippen molar-refractivity contribution in [1.82, 2.24) is 0 Å².